The van der Waals surface area contributed by atoms with Crippen molar-refractivity contribution >= 4 is 17.6 Å². The lowest BCUT2D eigenvalue weighted by atomic mass is 10.0. The largest absolute Gasteiger partial charge is 0.356 e. The van der Waals surface area contributed by atoms with Crippen LogP contribution in [0.25, 0.3) is 0 Å². The molecule has 0 bridgehead atoms. The van der Waals surface area contributed by atoms with Crippen LogP contribution in [-0.2, 0) is 0 Å². The summed E-state index contributed by atoms with van der Waals surface area (Å²) >= 11 is 0. The van der Waals surface area contributed by atoms with E-state index in [1.54, 1.807) is 6.33 Å². The first-order chi connectivity index (χ1) is 12.0. The van der Waals surface area contributed by atoms with Gasteiger partial charge in [0.1, 0.15) is 18.0 Å². The van der Waals surface area contributed by atoms with Crippen molar-refractivity contribution in [2.24, 2.45) is 11.8 Å². The van der Waals surface area contributed by atoms with Crippen molar-refractivity contribution in [3.8, 4) is 0 Å². The van der Waals surface area contributed by atoms with Gasteiger partial charge in [-0.25, -0.2) is 15.0 Å². The minimum Gasteiger partial charge on any atom is -0.356 e. The van der Waals surface area contributed by atoms with E-state index in [9.17, 15) is 0 Å². The zero-order chi connectivity index (χ0) is 17.6. The highest BCUT2D eigenvalue weighted by molar-refractivity contribution is 5.50. The highest BCUT2D eigenvalue weighted by atomic mass is 15.3. The molecule has 2 unspecified atom stereocenters. The summed E-state index contributed by atoms with van der Waals surface area (Å²) in [6.07, 6.45) is 3.53. The first kappa shape index (κ1) is 16.1. The Morgan fingerprint density at radius 2 is 1.64 bits per heavy atom. The molecule has 25 heavy (non-hydrogen) atoms. The molecule has 2 aromatic heterocycles. The molecule has 0 radical (unpaired) electrons. The maximum absolute atomic E-state index is 4.69. The molecule has 0 saturated carbocycles. The molecule has 7 heteroatoms. The van der Waals surface area contributed by atoms with Gasteiger partial charge < -0.3 is 14.7 Å². The summed E-state index contributed by atoms with van der Waals surface area (Å²) in [4.78, 5) is 24.6. The molecule has 2 atom stereocenters. The number of fused-ring (bicyclic) bond motifs is 1. The Bertz CT molecular complexity index is 762. The first-order valence-electron chi connectivity index (χ1n) is 8.81. The fourth-order valence-electron chi connectivity index (χ4n) is 3.93. The standard InChI is InChI=1S/C18H25N7/c1-12-13(2)20-11-21-17(12)25-9-14-7-24(8-15(14)10-25)16-5-6-19-18(22-16)23(3)4/h5-6,11,14-15H,7-10H2,1-4H3. The van der Waals surface area contributed by atoms with Crippen molar-refractivity contribution in [1.29, 1.82) is 0 Å². The fourth-order valence-corrected chi connectivity index (χ4v) is 3.93. The molecule has 0 N–H and O–H groups in total. The molecule has 0 spiro atoms. The number of aromatic nitrogens is 4. The predicted molar refractivity (Wildman–Crippen MR) is 99.3 cm³/mol. The Kier molecular flexibility index (Phi) is 3.94. The van der Waals surface area contributed by atoms with E-state index in [4.69, 9.17) is 4.98 Å². The second-order valence-corrected chi connectivity index (χ2v) is 7.35. The van der Waals surface area contributed by atoms with Gasteiger partial charge in [0, 0.05) is 69.6 Å². The van der Waals surface area contributed by atoms with Crippen molar-refractivity contribution in [1.82, 2.24) is 19.9 Å². The average Bonchev–Trinajstić information content (AvgIpc) is 3.16. The van der Waals surface area contributed by atoms with E-state index in [0.29, 0.717) is 11.8 Å². The molecule has 0 aliphatic carbocycles. The molecule has 4 heterocycles. The van der Waals surface area contributed by atoms with Crippen LogP contribution in [-0.4, -0.2) is 60.2 Å². The van der Waals surface area contributed by atoms with E-state index in [-0.39, 0.29) is 0 Å². The van der Waals surface area contributed by atoms with Gasteiger partial charge in [0.25, 0.3) is 0 Å². The van der Waals surface area contributed by atoms with Gasteiger partial charge in [0.2, 0.25) is 5.95 Å². The summed E-state index contributed by atoms with van der Waals surface area (Å²) in [5, 5.41) is 0. The van der Waals surface area contributed by atoms with Crippen LogP contribution in [0.4, 0.5) is 17.6 Å². The van der Waals surface area contributed by atoms with E-state index < -0.39 is 0 Å². The number of hydrogen-bond donors (Lipinski definition) is 0. The van der Waals surface area contributed by atoms with E-state index >= 15 is 0 Å². The minimum atomic E-state index is 0.660. The van der Waals surface area contributed by atoms with Gasteiger partial charge in [-0.05, 0) is 19.9 Å². The molecule has 7 nitrogen and oxygen atoms in total. The number of anilines is 3. The Morgan fingerprint density at radius 1 is 0.960 bits per heavy atom. The van der Waals surface area contributed by atoms with Gasteiger partial charge in [-0.3, -0.25) is 0 Å². The molecule has 2 aliphatic rings. The maximum atomic E-state index is 4.69. The van der Waals surface area contributed by atoms with Crippen molar-refractivity contribution < 1.29 is 0 Å². The summed E-state index contributed by atoms with van der Waals surface area (Å²) in [5.41, 5.74) is 2.27. The Labute approximate surface area is 148 Å². The topological polar surface area (TPSA) is 61.3 Å². The molecular formula is C18H25N7. The van der Waals surface area contributed by atoms with E-state index in [1.807, 2.05) is 31.3 Å². The number of hydrogen-bond acceptors (Lipinski definition) is 7. The summed E-state index contributed by atoms with van der Waals surface area (Å²) < 4.78 is 0. The molecule has 0 amide bonds. The van der Waals surface area contributed by atoms with Gasteiger partial charge in [0.15, 0.2) is 0 Å². The van der Waals surface area contributed by atoms with Crippen LogP contribution < -0.4 is 14.7 Å². The highest BCUT2D eigenvalue weighted by Gasteiger charge is 2.41. The second kappa shape index (κ2) is 6.13. The average molecular weight is 339 g/mol. The van der Waals surface area contributed by atoms with Crippen molar-refractivity contribution in [3.63, 3.8) is 0 Å². The lowest BCUT2D eigenvalue weighted by Gasteiger charge is -2.24. The SMILES string of the molecule is Cc1ncnc(N2CC3CN(c4ccnc(N(C)C)n4)CC3C2)c1C. The smallest absolute Gasteiger partial charge is 0.226 e. The zero-order valence-electron chi connectivity index (χ0n) is 15.3. The molecule has 0 aromatic carbocycles. The summed E-state index contributed by atoms with van der Waals surface area (Å²) in [6, 6.07) is 2.02. The van der Waals surface area contributed by atoms with E-state index in [2.05, 4.69) is 38.6 Å². The number of aryl methyl sites for hydroxylation is 1. The zero-order valence-corrected chi connectivity index (χ0v) is 15.3. The molecular weight excluding hydrogens is 314 g/mol. The number of nitrogens with zero attached hydrogens (tertiary/aromatic N) is 7. The van der Waals surface area contributed by atoms with E-state index in [1.165, 1.54) is 5.56 Å². The van der Waals surface area contributed by atoms with Crippen LogP contribution in [0.2, 0.25) is 0 Å². The summed E-state index contributed by atoms with van der Waals surface area (Å²) in [6.45, 7) is 8.39. The van der Waals surface area contributed by atoms with Crippen LogP contribution in [0.5, 0.6) is 0 Å². The quantitative estimate of drug-likeness (QED) is 0.840. The molecule has 4 rings (SSSR count). The molecule has 2 saturated heterocycles. The van der Waals surface area contributed by atoms with Crippen LogP contribution in [0.15, 0.2) is 18.6 Å². The lowest BCUT2D eigenvalue weighted by Crippen LogP contribution is -2.30. The van der Waals surface area contributed by atoms with E-state index in [0.717, 1.165) is 49.5 Å². The van der Waals surface area contributed by atoms with Gasteiger partial charge in [-0.2, -0.15) is 4.98 Å². The Balaban J connectivity index is 1.47. The number of rotatable bonds is 3. The minimum absolute atomic E-state index is 0.660. The Hall–Kier alpha value is -2.44. The molecule has 2 fully saturated rings. The highest BCUT2D eigenvalue weighted by Crippen LogP contribution is 2.36. The predicted octanol–water partition coefficient (Wildman–Crippen LogP) is 1.52. The van der Waals surface area contributed by atoms with Crippen LogP contribution in [0, 0.1) is 25.7 Å². The summed E-state index contributed by atoms with van der Waals surface area (Å²) in [5.74, 6) is 4.22. The van der Waals surface area contributed by atoms with Crippen molar-refractivity contribution in [3.05, 3.63) is 29.8 Å². The summed E-state index contributed by atoms with van der Waals surface area (Å²) in [7, 11) is 3.95. The molecule has 132 valence electrons. The van der Waals surface area contributed by atoms with Gasteiger partial charge >= 0.3 is 0 Å². The molecule has 2 aromatic rings. The first-order valence-corrected chi connectivity index (χ1v) is 8.81. The lowest BCUT2D eigenvalue weighted by molar-refractivity contribution is 0.533. The van der Waals surface area contributed by atoms with Crippen LogP contribution >= 0.6 is 0 Å². The second-order valence-electron chi connectivity index (χ2n) is 7.35. The van der Waals surface area contributed by atoms with Gasteiger partial charge in [0.05, 0.1) is 0 Å². The Morgan fingerprint density at radius 3 is 2.32 bits per heavy atom. The third kappa shape index (κ3) is 2.88. The van der Waals surface area contributed by atoms with Crippen molar-refractivity contribution in [2.75, 3.05) is 55.0 Å². The van der Waals surface area contributed by atoms with Gasteiger partial charge in [-0.1, -0.05) is 0 Å². The van der Waals surface area contributed by atoms with Crippen LogP contribution in [0.1, 0.15) is 11.3 Å². The third-order valence-electron chi connectivity index (χ3n) is 5.45. The van der Waals surface area contributed by atoms with Crippen LogP contribution in [0.3, 0.4) is 0 Å². The van der Waals surface area contributed by atoms with Gasteiger partial charge in [-0.15, -0.1) is 0 Å². The monoisotopic (exact) mass is 339 g/mol. The third-order valence-corrected chi connectivity index (χ3v) is 5.45. The normalized spacial score (nSPS) is 22.4. The fraction of sp³-hybridized carbons (Fsp3) is 0.556. The maximum Gasteiger partial charge on any atom is 0.226 e. The molecule has 2 aliphatic heterocycles. The van der Waals surface area contributed by atoms with Crippen molar-refractivity contribution in [2.45, 2.75) is 13.8 Å².